The van der Waals surface area contributed by atoms with Crippen LogP contribution in [0.15, 0.2) is 41.8 Å². The summed E-state index contributed by atoms with van der Waals surface area (Å²) in [5, 5.41) is 7.87. The molecule has 0 spiro atoms. The van der Waals surface area contributed by atoms with Gasteiger partial charge in [-0.25, -0.2) is 0 Å². The summed E-state index contributed by atoms with van der Waals surface area (Å²) in [5.74, 6) is -0.254. The number of likely N-dealkylation sites (N-methyl/N-ethyl adjacent to an activating group) is 1. The molecule has 150 valence electrons. The maximum Gasteiger partial charge on any atom is 0.265 e. The van der Waals surface area contributed by atoms with Crippen LogP contribution in [0.5, 0.6) is 0 Å². The molecule has 1 aromatic heterocycles. The van der Waals surface area contributed by atoms with Crippen LogP contribution < -0.4 is 10.6 Å². The lowest BCUT2D eigenvalue weighted by Gasteiger charge is -2.39. The second-order valence-electron chi connectivity index (χ2n) is 7.73. The Hall–Kier alpha value is -2.18. The predicted molar refractivity (Wildman–Crippen MR) is 115 cm³/mol. The molecule has 0 radical (unpaired) electrons. The molecule has 1 aliphatic carbocycles. The number of rotatable bonds is 6. The van der Waals surface area contributed by atoms with E-state index in [9.17, 15) is 9.59 Å². The average Bonchev–Trinajstić information content (AvgIpc) is 3.12. The summed E-state index contributed by atoms with van der Waals surface area (Å²) < 4.78 is 0. The van der Waals surface area contributed by atoms with Gasteiger partial charge in [0.2, 0.25) is 0 Å². The molecule has 3 rings (SSSR count). The van der Waals surface area contributed by atoms with Crippen molar-refractivity contribution in [3.63, 3.8) is 0 Å². The van der Waals surface area contributed by atoms with Crippen molar-refractivity contribution >= 4 is 28.8 Å². The second kappa shape index (κ2) is 9.34. The Morgan fingerprint density at radius 1 is 1.04 bits per heavy atom. The van der Waals surface area contributed by atoms with E-state index in [0.29, 0.717) is 22.7 Å². The number of amides is 2. The van der Waals surface area contributed by atoms with Gasteiger partial charge < -0.3 is 15.5 Å². The van der Waals surface area contributed by atoms with Crippen LogP contribution in [-0.4, -0.2) is 42.9 Å². The van der Waals surface area contributed by atoms with Crippen LogP contribution in [0.2, 0.25) is 0 Å². The molecule has 2 aromatic rings. The summed E-state index contributed by atoms with van der Waals surface area (Å²) in [5.41, 5.74) is 1.21. The van der Waals surface area contributed by atoms with Crippen molar-refractivity contribution in [3.8, 4) is 0 Å². The number of thiophene rings is 1. The standard InChI is InChI=1S/C22H29N3O2S/c1-25(2)22(12-5-3-4-6-13-22)16-23-20(26)17-9-7-10-18(15-17)24-21(27)19-11-8-14-28-19/h7-11,14-15H,3-6,12-13,16H2,1-2H3,(H,23,26)(H,24,27). The fourth-order valence-electron chi connectivity index (χ4n) is 3.85. The average molecular weight is 400 g/mol. The third-order valence-corrected chi connectivity index (χ3v) is 6.56. The van der Waals surface area contributed by atoms with Crippen molar-refractivity contribution in [2.24, 2.45) is 0 Å². The smallest absolute Gasteiger partial charge is 0.265 e. The lowest BCUT2D eigenvalue weighted by Crippen LogP contribution is -2.52. The largest absolute Gasteiger partial charge is 0.350 e. The highest BCUT2D eigenvalue weighted by molar-refractivity contribution is 7.12. The van der Waals surface area contributed by atoms with Gasteiger partial charge in [-0.1, -0.05) is 37.8 Å². The molecule has 1 aliphatic rings. The van der Waals surface area contributed by atoms with Gasteiger partial charge in [0.25, 0.3) is 11.8 Å². The lowest BCUT2D eigenvalue weighted by molar-refractivity contribution is 0.0868. The van der Waals surface area contributed by atoms with Crippen LogP contribution in [0, 0.1) is 0 Å². The van der Waals surface area contributed by atoms with Gasteiger partial charge in [0.1, 0.15) is 0 Å². The number of anilines is 1. The first-order chi connectivity index (χ1) is 13.5. The van der Waals surface area contributed by atoms with E-state index in [1.165, 1.54) is 37.0 Å². The van der Waals surface area contributed by atoms with Gasteiger partial charge in [0.05, 0.1) is 4.88 Å². The highest BCUT2D eigenvalue weighted by atomic mass is 32.1. The quantitative estimate of drug-likeness (QED) is 0.709. The maximum absolute atomic E-state index is 12.8. The highest BCUT2D eigenvalue weighted by Crippen LogP contribution is 2.30. The van der Waals surface area contributed by atoms with E-state index in [-0.39, 0.29) is 17.4 Å². The monoisotopic (exact) mass is 399 g/mol. The number of nitrogens with one attached hydrogen (secondary N) is 2. The first kappa shape index (κ1) is 20.6. The molecule has 0 unspecified atom stereocenters. The van der Waals surface area contributed by atoms with Crippen LogP contribution in [0.3, 0.4) is 0 Å². The molecule has 5 nitrogen and oxygen atoms in total. The van der Waals surface area contributed by atoms with Crippen LogP contribution >= 0.6 is 11.3 Å². The highest BCUT2D eigenvalue weighted by Gasteiger charge is 2.33. The fraction of sp³-hybridized carbons (Fsp3) is 0.455. The topological polar surface area (TPSA) is 61.4 Å². The summed E-state index contributed by atoms with van der Waals surface area (Å²) in [4.78, 5) is 27.9. The van der Waals surface area contributed by atoms with E-state index in [2.05, 4.69) is 29.6 Å². The van der Waals surface area contributed by atoms with E-state index in [4.69, 9.17) is 0 Å². The summed E-state index contributed by atoms with van der Waals surface area (Å²) in [6.45, 7) is 0.643. The van der Waals surface area contributed by atoms with Gasteiger partial charge in [-0.05, 0) is 56.6 Å². The first-order valence-corrected chi connectivity index (χ1v) is 10.8. The van der Waals surface area contributed by atoms with E-state index < -0.39 is 0 Å². The van der Waals surface area contributed by atoms with E-state index in [1.54, 1.807) is 30.3 Å². The number of carbonyl (C=O) groups is 2. The minimum absolute atomic E-state index is 0.0250. The van der Waals surface area contributed by atoms with Gasteiger partial charge in [-0.2, -0.15) is 0 Å². The Bertz CT molecular complexity index is 794. The van der Waals surface area contributed by atoms with Crippen LogP contribution in [-0.2, 0) is 0 Å². The summed E-state index contributed by atoms with van der Waals surface area (Å²) in [6.07, 6.45) is 7.18. The molecule has 1 aromatic carbocycles. The number of hydrogen-bond donors (Lipinski definition) is 2. The molecule has 0 bridgehead atoms. The Balaban J connectivity index is 1.64. The minimum atomic E-state index is -0.155. The maximum atomic E-state index is 12.8. The zero-order valence-electron chi connectivity index (χ0n) is 16.7. The summed E-state index contributed by atoms with van der Waals surface area (Å²) in [6, 6.07) is 10.7. The SMILES string of the molecule is CN(C)C1(CNC(=O)c2cccc(NC(=O)c3cccs3)c2)CCCCCC1. The molecule has 1 heterocycles. The molecule has 1 fully saturated rings. The van der Waals surface area contributed by atoms with Crippen molar-refractivity contribution < 1.29 is 9.59 Å². The van der Waals surface area contributed by atoms with Gasteiger partial charge in [0, 0.05) is 23.3 Å². The van der Waals surface area contributed by atoms with Crippen LogP contribution in [0.1, 0.15) is 58.6 Å². The molecule has 0 aliphatic heterocycles. The van der Waals surface area contributed by atoms with Crippen molar-refractivity contribution in [3.05, 3.63) is 52.2 Å². The molecule has 2 N–H and O–H groups in total. The summed E-state index contributed by atoms with van der Waals surface area (Å²) in [7, 11) is 4.22. The van der Waals surface area contributed by atoms with E-state index in [1.807, 2.05) is 11.4 Å². The second-order valence-corrected chi connectivity index (χ2v) is 8.68. The molecule has 6 heteroatoms. The minimum Gasteiger partial charge on any atom is -0.350 e. The van der Waals surface area contributed by atoms with Crippen LogP contribution in [0.25, 0.3) is 0 Å². The number of nitrogens with zero attached hydrogens (tertiary/aromatic N) is 1. The molecular formula is C22H29N3O2S. The van der Waals surface area contributed by atoms with Crippen LogP contribution in [0.4, 0.5) is 5.69 Å². The zero-order valence-corrected chi connectivity index (χ0v) is 17.5. The summed E-state index contributed by atoms with van der Waals surface area (Å²) >= 11 is 1.39. The Morgan fingerprint density at radius 3 is 2.43 bits per heavy atom. The molecule has 28 heavy (non-hydrogen) atoms. The predicted octanol–water partition coefficient (Wildman–Crippen LogP) is 4.38. The molecule has 1 saturated carbocycles. The number of benzene rings is 1. The van der Waals surface area contributed by atoms with Gasteiger partial charge in [0.15, 0.2) is 0 Å². The van der Waals surface area contributed by atoms with Gasteiger partial charge in [-0.3, -0.25) is 9.59 Å². The van der Waals surface area contributed by atoms with Gasteiger partial charge >= 0.3 is 0 Å². The molecule has 0 saturated heterocycles. The van der Waals surface area contributed by atoms with Crippen molar-refractivity contribution in [2.75, 3.05) is 26.0 Å². The van der Waals surface area contributed by atoms with Crippen molar-refractivity contribution in [2.45, 2.75) is 44.1 Å². The van der Waals surface area contributed by atoms with Gasteiger partial charge in [-0.15, -0.1) is 11.3 Å². The number of hydrogen-bond acceptors (Lipinski definition) is 4. The van der Waals surface area contributed by atoms with Crippen molar-refractivity contribution in [1.29, 1.82) is 0 Å². The van der Waals surface area contributed by atoms with E-state index >= 15 is 0 Å². The molecular weight excluding hydrogens is 370 g/mol. The van der Waals surface area contributed by atoms with Crippen molar-refractivity contribution in [1.82, 2.24) is 10.2 Å². The Kier molecular flexibility index (Phi) is 6.86. The molecule has 2 amide bonds. The van der Waals surface area contributed by atoms with E-state index in [0.717, 1.165) is 12.8 Å². The lowest BCUT2D eigenvalue weighted by atomic mass is 9.88. The first-order valence-electron chi connectivity index (χ1n) is 9.91. The third kappa shape index (κ3) is 5.00. The zero-order chi connectivity index (χ0) is 20.0. The third-order valence-electron chi connectivity index (χ3n) is 5.69. The fourth-order valence-corrected chi connectivity index (χ4v) is 4.47. The Morgan fingerprint density at radius 2 is 1.79 bits per heavy atom. The Labute approximate surface area is 171 Å². The molecule has 0 atom stereocenters. The number of carbonyl (C=O) groups excluding carboxylic acids is 2. The normalized spacial score (nSPS) is 16.4.